The van der Waals surface area contributed by atoms with Gasteiger partial charge >= 0.3 is 5.97 Å². The minimum absolute atomic E-state index is 0.129. The van der Waals surface area contributed by atoms with Gasteiger partial charge in [-0.1, -0.05) is 13.8 Å². The summed E-state index contributed by atoms with van der Waals surface area (Å²) >= 11 is 0. The standard InChI is InChI=1S/C15H22O5/c1-7-4-5-9-8(2)12(17)18-13-15(9)10(7)6-11(16)14(3,19-13)20-15/h7-11,13,16H,4-6H2,1-3H3/t7-,8-,9+,10+,11-,13-,14+,15+/m1/s1. The topological polar surface area (TPSA) is 65.0 Å². The summed E-state index contributed by atoms with van der Waals surface area (Å²) in [5.41, 5.74) is -0.557. The number of carbonyl (C=O) groups is 1. The number of aliphatic hydroxyl groups is 1. The number of hydrogen-bond donors (Lipinski definition) is 1. The van der Waals surface area contributed by atoms with Crippen molar-refractivity contribution in [1.82, 2.24) is 0 Å². The second kappa shape index (κ2) is 3.76. The van der Waals surface area contributed by atoms with Crippen LogP contribution in [0.1, 0.15) is 40.0 Å². The van der Waals surface area contributed by atoms with Crippen LogP contribution in [-0.4, -0.2) is 34.9 Å². The van der Waals surface area contributed by atoms with Crippen LogP contribution in [-0.2, 0) is 19.0 Å². The van der Waals surface area contributed by atoms with Gasteiger partial charge < -0.3 is 19.3 Å². The zero-order chi connectivity index (χ0) is 14.3. The first kappa shape index (κ1) is 13.0. The summed E-state index contributed by atoms with van der Waals surface area (Å²) in [6.45, 7) is 5.88. The fraction of sp³-hybridized carbons (Fsp3) is 0.933. The summed E-state index contributed by atoms with van der Waals surface area (Å²) in [6, 6.07) is 0. The quantitative estimate of drug-likeness (QED) is 0.681. The molecule has 8 atom stereocenters. The van der Waals surface area contributed by atoms with Gasteiger partial charge in [0.25, 0.3) is 0 Å². The maximum absolute atomic E-state index is 12.1. The molecular weight excluding hydrogens is 260 g/mol. The monoisotopic (exact) mass is 282 g/mol. The molecule has 4 fully saturated rings. The molecule has 0 aromatic heterocycles. The third-order valence-corrected chi connectivity index (χ3v) is 6.15. The van der Waals surface area contributed by atoms with Crippen LogP contribution >= 0.6 is 0 Å². The number of aliphatic hydroxyl groups excluding tert-OH is 1. The lowest BCUT2D eigenvalue weighted by molar-refractivity contribution is -0.294. The zero-order valence-electron chi connectivity index (χ0n) is 12.2. The molecule has 1 saturated carbocycles. The van der Waals surface area contributed by atoms with E-state index in [1.54, 1.807) is 6.92 Å². The lowest BCUT2D eigenvalue weighted by Gasteiger charge is -2.56. The number of carbonyl (C=O) groups excluding carboxylic acids is 1. The average molecular weight is 282 g/mol. The van der Waals surface area contributed by atoms with E-state index in [9.17, 15) is 9.90 Å². The van der Waals surface area contributed by atoms with Crippen molar-refractivity contribution >= 4 is 5.97 Å². The Kier molecular flexibility index (Phi) is 2.45. The Labute approximate surface area is 118 Å². The first-order valence-corrected chi connectivity index (χ1v) is 7.65. The minimum Gasteiger partial charge on any atom is -0.432 e. The minimum atomic E-state index is -1.04. The van der Waals surface area contributed by atoms with Crippen LogP contribution in [0, 0.1) is 23.7 Å². The number of fused-ring (bicyclic) bond motifs is 1. The normalized spacial score (nSPS) is 60.9. The number of rotatable bonds is 0. The molecule has 20 heavy (non-hydrogen) atoms. The van der Waals surface area contributed by atoms with Crippen LogP contribution in [0.25, 0.3) is 0 Å². The Bertz CT molecular complexity index is 465. The Balaban J connectivity index is 1.85. The van der Waals surface area contributed by atoms with E-state index in [2.05, 4.69) is 6.92 Å². The van der Waals surface area contributed by atoms with E-state index in [4.69, 9.17) is 14.2 Å². The summed E-state index contributed by atoms with van der Waals surface area (Å²) in [6.07, 6.45) is 1.35. The average Bonchev–Trinajstić information content (AvgIpc) is 2.64. The van der Waals surface area contributed by atoms with Crippen molar-refractivity contribution in [3.05, 3.63) is 0 Å². The van der Waals surface area contributed by atoms with Crippen LogP contribution in [0.3, 0.4) is 0 Å². The Hall–Kier alpha value is -0.650. The lowest BCUT2D eigenvalue weighted by Crippen LogP contribution is -2.66. The fourth-order valence-electron chi connectivity index (χ4n) is 4.97. The maximum atomic E-state index is 12.1. The molecule has 0 amide bonds. The molecule has 1 N–H and O–H groups in total. The highest BCUT2D eigenvalue weighted by molar-refractivity contribution is 5.74. The summed E-state index contributed by atoms with van der Waals surface area (Å²) in [5.74, 6) is -0.646. The smallest absolute Gasteiger partial charge is 0.311 e. The third kappa shape index (κ3) is 1.32. The van der Waals surface area contributed by atoms with Crippen LogP contribution in [0.15, 0.2) is 0 Å². The van der Waals surface area contributed by atoms with E-state index in [1.807, 2.05) is 6.92 Å². The summed E-state index contributed by atoms with van der Waals surface area (Å²) < 4.78 is 17.7. The molecule has 112 valence electrons. The van der Waals surface area contributed by atoms with Gasteiger partial charge in [0.05, 0.1) is 5.92 Å². The van der Waals surface area contributed by atoms with Gasteiger partial charge in [0.1, 0.15) is 11.7 Å². The van der Waals surface area contributed by atoms with Crippen LogP contribution in [0.5, 0.6) is 0 Å². The largest absolute Gasteiger partial charge is 0.432 e. The molecule has 5 heteroatoms. The van der Waals surface area contributed by atoms with E-state index < -0.39 is 23.8 Å². The molecule has 4 aliphatic rings. The second-order valence-corrected chi connectivity index (χ2v) is 7.17. The Morgan fingerprint density at radius 2 is 2.00 bits per heavy atom. The molecule has 1 aliphatic carbocycles. The molecule has 1 spiro atoms. The second-order valence-electron chi connectivity index (χ2n) is 7.17. The van der Waals surface area contributed by atoms with Crippen LogP contribution < -0.4 is 0 Å². The number of hydrogen-bond acceptors (Lipinski definition) is 5. The maximum Gasteiger partial charge on any atom is 0.311 e. The molecule has 0 aromatic carbocycles. The van der Waals surface area contributed by atoms with Crippen molar-refractivity contribution in [3.8, 4) is 0 Å². The molecule has 0 radical (unpaired) electrons. The van der Waals surface area contributed by atoms with Crippen LogP contribution in [0.2, 0.25) is 0 Å². The van der Waals surface area contributed by atoms with Crippen molar-refractivity contribution in [2.45, 2.75) is 63.8 Å². The van der Waals surface area contributed by atoms with Gasteiger partial charge in [0, 0.05) is 5.92 Å². The van der Waals surface area contributed by atoms with Gasteiger partial charge in [0.2, 0.25) is 6.29 Å². The molecule has 0 unspecified atom stereocenters. The summed E-state index contributed by atoms with van der Waals surface area (Å²) in [5, 5.41) is 10.4. The predicted molar refractivity (Wildman–Crippen MR) is 68.4 cm³/mol. The molecule has 0 aromatic rings. The van der Waals surface area contributed by atoms with E-state index in [-0.39, 0.29) is 23.7 Å². The summed E-state index contributed by atoms with van der Waals surface area (Å²) in [4.78, 5) is 12.1. The third-order valence-electron chi connectivity index (χ3n) is 6.15. The molecule has 4 rings (SSSR count). The molecule has 2 bridgehead atoms. The van der Waals surface area contributed by atoms with Crippen molar-refractivity contribution in [3.63, 3.8) is 0 Å². The first-order chi connectivity index (χ1) is 9.38. The molecule has 3 heterocycles. The van der Waals surface area contributed by atoms with Gasteiger partial charge in [-0.2, -0.15) is 0 Å². The van der Waals surface area contributed by atoms with E-state index in [1.165, 1.54) is 0 Å². The number of esters is 1. The van der Waals surface area contributed by atoms with Crippen molar-refractivity contribution < 1.29 is 24.1 Å². The highest BCUT2D eigenvalue weighted by Crippen LogP contribution is 2.62. The SMILES string of the molecule is C[C@@H]1CC[C@H]2[C@@H](C)C(=O)O[C@@H]3O[C@@]4(C)O[C@@]32[C@H]1C[C@H]4O. The highest BCUT2D eigenvalue weighted by Gasteiger charge is 2.74. The molecule has 3 saturated heterocycles. The highest BCUT2D eigenvalue weighted by atomic mass is 16.8. The first-order valence-electron chi connectivity index (χ1n) is 7.65. The van der Waals surface area contributed by atoms with Crippen molar-refractivity contribution in [2.75, 3.05) is 0 Å². The number of ether oxygens (including phenoxy) is 3. The predicted octanol–water partition coefficient (Wildman–Crippen LogP) is 1.43. The molecular formula is C15H22O5. The Morgan fingerprint density at radius 3 is 2.75 bits per heavy atom. The van der Waals surface area contributed by atoms with Gasteiger partial charge in [0.15, 0.2) is 5.79 Å². The van der Waals surface area contributed by atoms with E-state index in [0.29, 0.717) is 12.3 Å². The lowest BCUT2D eigenvalue weighted by atomic mass is 9.57. The van der Waals surface area contributed by atoms with E-state index in [0.717, 1.165) is 12.8 Å². The van der Waals surface area contributed by atoms with Crippen molar-refractivity contribution in [2.24, 2.45) is 23.7 Å². The fourth-order valence-corrected chi connectivity index (χ4v) is 4.97. The summed E-state index contributed by atoms with van der Waals surface area (Å²) in [7, 11) is 0. The van der Waals surface area contributed by atoms with Gasteiger partial charge in [-0.05, 0) is 38.0 Å². The zero-order valence-corrected chi connectivity index (χ0v) is 12.2. The Morgan fingerprint density at radius 1 is 1.25 bits per heavy atom. The van der Waals surface area contributed by atoms with Gasteiger partial charge in [-0.15, -0.1) is 0 Å². The van der Waals surface area contributed by atoms with Crippen LogP contribution in [0.4, 0.5) is 0 Å². The van der Waals surface area contributed by atoms with Gasteiger partial charge in [-0.3, -0.25) is 4.79 Å². The van der Waals surface area contributed by atoms with E-state index >= 15 is 0 Å². The molecule has 5 nitrogen and oxygen atoms in total. The van der Waals surface area contributed by atoms with Gasteiger partial charge in [-0.25, -0.2) is 0 Å². The molecule has 3 aliphatic heterocycles. The van der Waals surface area contributed by atoms with Crippen molar-refractivity contribution in [1.29, 1.82) is 0 Å².